The molecule has 0 bridgehead atoms. The predicted octanol–water partition coefficient (Wildman–Crippen LogP) is 3.21. The van der Waals surface area contributed by atoms with Gasteiger partial charge in [-0.3, -0.25) is 0 Å². The summed E-state index contributed by atoms with van der Waals surface area (Å²) in [5, 5.41) is 11.9. The van der Waals surface area contributed by atoms with Gasteiger partial charge in [0.1, 0.15) is 17.6 Å². The van der Waals surface area contributed by atoms with Crippen molar-refractivity contribution >= 4 is 5.69 Å². The maximum atomic E-state index is 12.9. The van der Waals surface area contributed by atoms with Crippen LogP contribution in [0.5, 0.6) is 0 Å². The quantitative estimate of drug-likeness (QED) is 0.880. The van der Waals surface area contributed by atoms with Gasteiger partial charge in [0.2, 0.25) is 0 Å². The van der Waals surface area contributed by atoms with E-state index in [9.17, 15) is 4.39 Å². The molecular weight excluding hydrogens is 219 g/mol. The first-order valence-electron chi connectivity index (χ1n) is 5.17. The van der Waals surface area contributed by atoms with Crippen LogP contribution < -0.4 is 5.32 Å². The largest absolute Gasteiger partial charge is 0.467 e. The second kappa shape index (κ2) is 4.71. The standard InChI is InChI=1S/C13H11FN2O/c1-9-4-5-17-13(9)8-16-12-3-2-11(14)6-10(12)7-15/h2-6,16H,8H2,1H3. The zero-order valence-electron chi connectivity index (χ0n) is 9.33. The van der Waals surface area contributed by atoms with Crippen molar-refractivity contribution in [3.63, 3.8) is 0 Å². The predicted molar refractivity (Wildman–Crippen MR) is 61.9 cm³/mol. The Balaban J connectivity index is 2.15. The molecule has 0 unspecified atom stereocenters. The lowest BCUT2D eigenvalue weighted by atomic mass is 10.2. The Morgan fingerprint density at radius 3 is 2.88 bits per heavy atom. The van der Waals surface area contributed by atoms with E-state index in [4.69, 9.17) is 9.68 Å². The fourth-order valence-electron chi connectivity index (χ4n) is 1.52. The zero-order valence-corrected chi connectivity index (χ0v) is 9.33. The molecule has 0 fully saturated rings. The van der Waals surface area contributed by atoms with E-state index in [2.05, 4.69) is 5.32 Å². The topological polar surface area (TPSA) is 49.0 Å². The van der Waals surface area contributed by atoms with Gasteiger partial charge in [0.15, 0.2) is 0 Å². The van der Waals surface area contributed by atoms with Crippen LogP contribution in [-0.2, 0) is 6.54 Å². The Bertz CT molecular complexity index is 569. The summed E-state index contributed by atoms with van der Waals surface area (Å²) in [6.07, 6.45) is 1.61. The lowest BCUT2D eigenvalue weighted by Crippen LogP contribution is -2.01. The summed E-state index contributed by atoms with van der Waals surface area (Å²) in [6.45, 7) is 2.41. The van der Waals surface area contributed by atoms with Crippen LogP contribution >= 0.6 is 0 Å². The summed E-state index contributed by atoms with van der Waals surface area (Å²) < 4.78 is 18.2. The van der Waals surface area contributed by atoms with Crippen LogP contribution in [0.3, 0.4) is 0 Å². The van der Waals surface area contributed by atoms with E-state index in [-0.39, 0.29) is 5.56 Å². The second-order valence-electron chi connectivity index (χ2n) is 3.68. The number of nitrogens with one attached hydrogen (secondary N) is 1. The monoisotopic (exact) mass is 230 g/mol. The fraction of sp³-hybridized carbons (Fsp3) is 0.154. The van der Waals surface area contributed by atoms with Gasteiger partial charge in [0.05, 0.1) is 24.1 Å². The Hall–Kier alpha value is -2.28. The van der Waals surface area contributed by atoms with E-state index in [0.717, 1.165) is 11.3 Å². The lowest BCUT2D eigenvalue weighted by Gasteiger charge is -2.07. The van der Waals surface area contributed by atoms with Crippen molar-refractivity contribution in [3.8, 4) is 6.07 Å². The highest BCUT2D eigenvalue weighted by atomic mass is 19.1. The third kappa shape index (κ3) is 2.45. The number of halogens is 1. The van der Waals surface area contributed by atoms with Crippen LogP contribution in [0, 0.1) is 24.1 Å². The highest BCUT2D eigenvalue weighted by Crippen LogP contribution is 2.18. The van der Waals surface area contributed by atoms with Crippen LogP contribution in [0.4, 0.5) is 10.1 Å². The molecule has 0 aliphatic rings. The first-order valence-corrected chi connectivity index (χ1v) is 5.17. The van der Waals surface area contributed by atoms with Gasteiger partial charge in [-0.25, -0.2) is 4.39 Å². The summed E-state index contributed by atoms with van der Waals surface area (Å²) in [5.74, 6) is 0.388. The molecule has 0 aliphatic carbocycles. The number of nitriles is 1. The molecule has 1 aromatic heterocycles. The molecule has 0 spiro atoms. The van der Waals surface area contributed by atoms with Crippen molar-refractivity contribution in [2.24, 2.45) is 0 Å². The molecule has 0 amide bonds. The molecule has 0 saturated carbocycles. The highest BCUT2D eigenvalue weighted by Gasteiger charge is 2.05. The van der Waals surface area contributed by atoms with Gasteiger partial charge in [-0.1, -0.05) is 0 Å². The van der Waals surface area contributed by atoms with Crippen molar-refractivity contribution in [3.05, 3.63) is 53.2 Å². The molecule has 0 saturated heterocycles. The third-order valence-corrected chi connectivity index (χ3v) is 2.51. The normalized spacial score (nSPS) is 9.94. The molecular formula is C13H11FN2O. The minimum Gasteiger partial charge on any atom is -0.467 e. The summed E-state index contributed by atoms with van der Waals surface area (Å²) in [6, 6.07) is 7.89. The molecule has 0 radical (unpaired) electrons. The summed E-state index contributed by atoms with van der Waals surface area (Å²) in [5.41, 5.74) is 1.93. The summed E-state index contributed by atoms with van der Waals surface area (Å²) in [7, 11) is 0. The van der Waals surface area contributed by atoms with E-state index in [1.165, 1.54) is 12.1 Å². The van der Waals surface area contributed by atoms with Gasteiger partial charge in [-0.15, -0.1) is 0 Å². The molecule has 17 heavy (non-hydrogen) atoms. The molecule has 2 rings (SSSR count). The number of hydrogen-bond acceptors (Lipinski definition) is 3. The number of furan rings is 1. The number of benzene rings is 1. The van der Waals surface area contributed by atoms with Crippen molar-refractivity contribution in [2.75, 3.05) is 5.32 Å². The van der Waals surface area contributed by atoms with E-state index in [1.807, 2.05) is 19.1 Å². The van der Waals surface area contributed by atoms with Gasteiger partial charge in [0.25, 0.3) is 0 Å². The highest BCUT2D eigenvalue weighted by molar-refractivity contribution is 5.57. The molecule has 1 heterocycles. The molecule has 4 heteroatoms. The second-order valence-corrected chi connectivity index (χ2v) is 3.68. The van der Waals surface area contributed by atoms with Gasteiger partial charge in [-0.05, 0) is 36.8 Å². The van der Waals surface area contributed by atoms with E-state index in [1.54, 1.807) is 12.3 Å². The molecule has 86 valence electrons. The smallest absolute Gasteiger partial charge is 0.125 e. The first-order chi connectivity index (χ1) is 8.20. The van der Waals surface area contributed by atoms with Crippen molar-refractivity contribution in [1.82, 2.24) is 0 Å². The molecule has 3 nitrogen and oxygen atoms in total. The minimum absolute atomic E-state index is 0.286. The number of hydrogen-bond donors (Lipinski definition) is 1. The average molecular weight is 230 g/mol. The van der Waals surface area contributed by atoms with Crippen LogP contribution in [0.2, 0.25) is 0 Å². The Labute approximate surface area is 98.5 Å². The Morgan fingerprint density at radius 2 is 2.24 bits per heavy atom. The Kier molecular flexibility index (Phi) is 3.10. The van der Waals surface area contributed by atoms with Crippen molar-refractivity contribution in [2.45, 2.75) is 13.5 Å². The van der Waals surface area contributed by atoms with Gasteiger partial charge in [-0.2, -0.15) is 5.26 Å². The van der Waals surface area contributed by atoms with Crippen LogP contribution in [0.25, 0.3) is 0 Å². The zero-order chi connectivity index (χ0) is 12.3. The molecule has 0 atom stereocenters. The van der Waals surface area contributed by atoms with E-state index < -0.39 is 5.82 Å². The van der Waals surface area contributed by atoms with Gasteiger partial charge in [0, 0.05) is 0 Å². The number of anilines is 1. The Morgan fingerprint density at radius 1 is 1.41 bits per heavy atom. The number of rotatable bonds is 3. The van der Waals surface area contributed by atoms with Gasteiger partial charge >= 0.3 is 0 Å². The maximum absolute atomic E-state index is 12.9. The van der Waals surface area contributed by atoms with Crippen molar-refractivity contribution in [1.29, 1.82) is 5.26 Å². The molecule has 0 aliphatic heterocycles. The summed E-state index contributed by atoms with van der Waals surface area (Å²) in [4.78, 5) is 0. The van der Waals surface area contributed by atoms with Gasteiger partial charge < -0.3 is 9.73 Å². The van der Waals surface area contributed by atoms with E-state index in [0.29, 0.717) is 12.2 Å². The number of aryl methyl sites for hydroxylation is 1. The fourth-order valence-corrected chi connectivity index (χ4v) is 1.52. The number of nitrogens with zero attached hydrogens (tertiary/aromatic N) is 1. The SMILES string of the molecule is Cc1ccoc1CNc1ccc(F)cc1C#N. The molecule has 2 aromatic rings. The lowest BCUT2D eigenvalue weighted by molar-refractivity contribution is 0.515. The first kappa shape index (κ1) is 11.2. The van der Waals surface area contributed by atoms with Crippen molar-refractivity contribution < 1.29 is 8.81 Å². The maximum Gasteiger partial charge on any atom is 0.125 e. The molecule has 1 aromatic carbocycles. The third-order valence-electron chi connectivity index (χ3n) is 2.51. The molecule has 1 N–H and O–H groups in total. The van der Waals surface area contributed by atoms with Crippen LogP contribution in [-0.4, -0.2) is 0 Å². The average Bonchev–Trinajstić information content (AvgIpc) is 2.73. The minimum atomic E-state index is -0.415. The van der Waals surface area contributed by atoms with Crippen LogP contribution in [0.15, 0.2) is 34.9 Å². The van der Waals surface area contributed by atoms with E-state index >= 15 is 0 Å². The summed E-state index contributed by atoms with van der Waals surface area (Å²) >= 11 is 0. The van der Waals surface area contributed by atoms with Crippen LogP contribution in [0.1, 0.15) is 16.9 Å².